The third kappa shape index (κ3) is 1.98. The number of halogens is 2. The van der Waals surface area contributed by atoms with E-state index in [0.717, 1.165) is 0 Å². The van der Waals surface area contributed by atoms with Crippen LogP contribution in [0.2, 0.25) is 5.15 Å². The topological polar surface area (TPSA) is 34.4 Å². The van der Waals surface area contributed by atoms with E-state index in [2.05, 4.69) is 5.10 Å². The summed E-state index contributed by atoms with van der Waals surface area (Å²) in [5, 5.41) is 4.79. The molecule has 0 spiro atoms. The van der Waals surface area contributed by atoms with Gasteiger partial charge >= 0.3 is 0 Å². The van der Waals surface area contributed by atoms with Crippen molar-refractivity contribution in [3.63, 3.8) is 0 Å². The Balaban J connectivity index is 2.35. The van der Waals surface area contributed by atoms with Crippen LogP contribution in [0, 0.1) is 5.82 Å². The van der Waals surface area contributed by atoms with Crippen LogP contribution in [0.4, 0.5) is 4.39 Å². The first-order valence-electron chi connectivity index (χ1n) is 6.02. The van der Waals surface area contributed by atoms with Crippen molar-refractivity contribution in [2.24, 2.45) is 0 Å². The lowest BCUT2D eigenvalue weighted by molar-refractivity contribution is 0.102. The van der Waals surface area contributed by atoms with Crippen LogP contribution in [0.5, 0.6) is 0 Å². The van der Waals surface area contributed by atoms with Crippen LogP contribution in [0.15, 0.2) is 42.5 Å². The second-order valence-electron chi connectivity index (χ2n) is 4.43. The van der Waals surface area contributed by atoms with Crippen molar-refractivity contribution in [1.82, 2.24) is 9.61 Å². The Kier molecular flexibility index (Phi) is 3.03. The molecule has 0 aliphatic rings. The van der Waals surface area contributed by atoms with Gasteiger partial charge < -0.3 is 0 Å². The summed E-state index contributed by atoms with van der Waals surface area (Å²) >= 11 is 6.09. The molecule has 0 fully saturated rings. The quantitative estimate of drug-likeness (QED) is 0.528. The molecule has 0 radical (unpaired) electrons. The minimum Gasteiger partial charge on any atom is -0.294 e. The third-order valence-corrected chi connectivity index (χ3v) is 3.37. The number of carbonyl (C=O) groups excluding carboxylic acids is 1. The fourth-order valence-electron chi connectivity index (χ4n) is 2.19. The van der Waals surface area contributed by atoms with Gasteiger partial charge in [0.25, 0.3) is 0 Å². The summed E-state index contributed by atoms with van der Waals surface area (Å²) < 4.78 is 14.5. The molecule has 3 rings (SSSR count). The summed E-state index contributed by atoms with van der Waals surface area (Å²) in [6.07, 6.45) is 0. The monoisotopic (exact) mass is 288 g/mol. The second-order valence-corrected chi connectivity index (χ2v) is 4.82. The number of aromatic nitrogens is 2. The maximum absolute atomic E-state index is 13.0. The molecule has 0 saturated carbocycles. The zero-order valence-corrected chi connectivity index (χ0v) is 11.4. The average molecular weight is 289 g/mol. The Morgan fingerprint density at radius 2 is 1.90 bits per heavy atom. The van der Waals surface area contributed by atoms with Gasteiger partial charge in [-0.05, 0) is 43.3 Å². The van der Waals surface area contributed by atoms with Gasteiger partial charge in [-0.3, -0.25) is 4.79 Å². The average Bonchev–Trinajstić information content (AvgIpc) is 2.80. The van der Waals surface area contributed by atoms with Crippen molar-refractivity contribution in [2.45, 2.75) is 6.92 Å². The first-order valence-corrected chi connectivity index (χ1v) is 6.40. The van der Waals surface area contributed by atoms with Crippen LogP contribution in [-0.4, -0.2) is 15.4 Å². The number of benzene rings is 1. The highest BCUT2D eigenvalue weighted by molar-refractivity contribution is 6.30. The van der Waals surface area contributed by atoms with Gasteiger partial charge in [0.05, 0.1) is 11.1 Å². The highest BCUT2D eigenvalue weighted by Crippen LogP contribution is 2.28. The van der Waals surface area contributed by atoms with E-state index in [-0.39, 0.29) is 11.6 Å². The van der Waals surface area contributed by atoms with Gasteiger partial charge in [0, 0.05) is 5.56 Å². The van der Waals surface area contributed by atoms with Crippen molar-refractivity contribution >= 4 is 22.9 Å². The van der Waals surface area contributed by atoms with E-state index < -0.39 is 0 Å². The highest BCUT2D eigenvalue weighted by atomic mass is 35.5. The van der Waals surface area contributed by atoms with E-state index >= 15 is 0 Å². The summed E-state index contributed by atoms with van der Waals surface area (Å²) in [5.74, 6) is -0.443. The predicted molar refractivity (Wildman–Crippen MR) is 75.6 cm³/mol. The molecule has 0 saturated heterocycles. The van der Waals surface area contributed by atoms with E-state index in [1.54, 1.807) is 30.3 Å². The van der Waals surface area contributed by atoms with Crippen LogP contribution >= 0.6 is 11.6 Å². The van der Waals surface area contributed by atoms with Gasteiger partial charge in [0.1, 0.15) is 16.7 Å². The van der Waals surface area contributed by atoms with E-state index in [1.165, 1.54) is 23.6 Å². The van der Waals surface area contributed by atoms with E-state index in [9.17, 15) is 9.18 Å². The third-order valence-electron chi connectivity index (χ3n) is 3.08. The van der Waals surface area contributed by atoms with Crippen molar-refractivity contribution < 1.29 is 9.18 Å². The number of pyridine rings is 1. The second kappa shape index (κ2) is 4.72. The SMILES string of the molecule is CC(=O)c1c(-c2ccc(F)cc2)nn2c(Cl)cccc12. The van der Waals surface area contributed by atoms with Crippen LogP contribution in [0.3, 0.4) is 0 Å². The molecule has 3 aromatic rings. The van der Waals surface area contributed by atoms with Crippen molar-refractivity contribution in [3.05, 3.63) is 59.0 Å². The molecule has 0 unspecified atom stereocenters. The number of carbonyl (C=O) groups is 1. The lowest BCUT2D eigenvalue weighted by Gasteiger charge is -1.99. The largest absolute Gasteiger partial charge is 0.294 e. The molecule has 2 aromatic heterocycles. The first kappa shape index (κ1) is 12.8. The number of Topliss-reactive ketones (excluding diaryl/α,β-unsaturated/α-hetero) is 1. The molecule has 0 bridgehead atoms. The highest BCUT2D eigenvalue weighted by Gasteiger charge is 2.19. The molecule has 2 heterocycles. The maximum atomic E-state index is 13.0. The van der Waals surface area contributed by atoms with Crippen LogP contribution in [-0.2, 0) is 0 Å². The minimum absolute atomic E-state index is 0.110. The Labute approximate surface area is 119 Å². The molecule has 0 aliphatic carbocycles. The van der Waals surface area contributed by atoms with Crippen LogP contribution in [0.25, 0.3) is 16.8 Å². The summed E-state index contributed by atoms with van der Waals surface area (Å²) in [6, 6.07) is 11.1. The van der Waals surface area contributed by atoms with Gasteiger partial charge in [-0.1, -0.05) is 17.7 Å². The van der Waals surface area contributed by atoms with Gasteiger partial charge in [0.15, 0.2) is 5.78 Å². The van der Waals surface area contributed by atoms with Crippen molar-refractivity contribution in [1.29, 1.82) is 0 Å². The fourth-order valence-corrected chi connectivity index (χ4v) is 2.40. The molecule has 0 aliphatic heterocycles. The lowest BCUT2D eigenvalue weighted by Crippen LogP contribution is -1.94. The number of hydrogen-bond donors (Lipinski definition) is 0. The molecule has 0 amide bonds. The summed E-state index contributed by atoms with van der Waals surface area (Å²) in [5.41, 5.74) is 2.31. The molecule has 20 heavy (non-hydrogen) atoms. The Morgan fingerprint density at radius 1 is 1.20 bits per heavy atom. The Bertz CT molecular complexity index is 809. The summed E-state index contributed by atoms with van der Waals surface area (Å²) in [7, 11) is 0. The number of rotatable bonds is 2. The molecular weight excluding hydrogens is 279 g/mol. The van der Waals surface area contributed by atoms with Crippen LogP contribution in [0.1, 0.15) is 17.3 Å². The predicted octanol–water partition coefficient (Wildman–Crippen LogP) is 4.00. The molecule has 0 atom stereocenters. The zero-order valence-electron chi connectivity index (χ0n) is 10.6. The fraction of sp³-hybridized carbons (Fsp3) is 0.0667. The number of hydrogen-bond acceptors (Lipinski definition) is 2. The first-order chi connectivity index (χ1) is 9.58. The standard InChI is InChI=1S/C15H10ClFN2O/c1-9(20)14-12-3-2-4-13(16)19(12)18-15(14)10-5-7-11(17)8-6-10/h2-8H,1H3. The number of nitrogens with zero attached hydrogens (tertiary/aromatic N) is 2. The molecule has 1 aromatic carbocycles. The van der Waals surface area contributed by atoms with E-state index in [1.807, 2.05) is 0 Å². The number of fused-ring (bicyclic) bond motifs is 1. The zero-order chi connectivity index (χ0) is 14.3. The van der Waals surface area contributed by atoms with E-state index in [4.69, 9.17) is 11.6 Å². The normalized spacial score (nSPS) is 10.9. The van der Waals surface area contributed by atoms with Gasteiger partial charge in [0.2, 0.25) is 0 Å². The molecule has 3 nitrogen and oxygen atoms in total. The maximum Gasteiger partial charge on any atom is 0.164 e. The smallest absolute Gasteiger partial charge is 0.164 e. The molecule has 100 valence electrons. The van der Waals surface area contributed by atoms with Crippen molar-refractivity contribution in [2.75, 3.05) is 0 Å². The molecule has 0 N–H and O–H groups in total. The minimum atomic E-state index is -0.333. The van der Waals surface area contributed by atoms with Crippen molar-refractivity contribution in [3.8, 4) is 11.3 Å². The Hall–Kier alpha value is -2.20. The van der Waals surface area contributed by atoms with Gasteiger partial charge in [-0.15, -0.1) is 0 Å². The van der Waals surface area contributed by atoms with Crippen LogP contribution < -0.4 is 0 Å². The molecular formula is C15H10ClFN2O. The van der Waals surface area contributed by atoms with Gasteiger partial charge in [-0.25, -0.2) is 8.91 Å². The summed E-state index contributed by atoms with van der Waals surface area (Å²) in [6.45, 7) is 1.48. The molecule has 5 heteroatoms. The lowest BCUT2D eigenvalue weighted by atomic mass is 10.0. The Morgan fingerprint density at radius 3 is 2.55 bits per heavy atom. The van der Waals surface area contributed by atoms with E-state index in [0.29, 0.717) is 27.5 Å². The summed E-state index contributed by atoms with van der Waals surface area (Å²) in [4.78, 5) is 11.9. The number of ketones is 1. The van der Waals surface area contributed by atoms with Gasteiger partial charge in [-0.2, -0.15) is 5.10 Å².